The number of hydrogen-bond acceptors (Lipinski definition) is 2. The van der Waals surface area contributed by atoms with Gasteiger partial charge in [-0.2, -0.15) is 0 Å². The third-order valence-electron chi connectivity index (χ3n) is 4.18. The van der Waals surface area contributed by atoms with E-state index < -0.39 is 5.97 Å². The normalized spacial score (nSPS) is 20.7. The van der Waals surface area contributed by atoms with Crippen LogP contribution in [0, 0.1) is 5.92 Å². The Balaban J connectivity index is 1.74. The Hall–Kier alpha value is -2.36. The van der Waals surface area contributed by atoms with E-state index in [0.717, 1.165) is 19.4 Å². The van der Waals surface area contributed by atoms with Gasteiger partial charge in [-0.3, -0.25) is 4.79 Å². The van der Waals surface area contributed by atoms with Gasteiger partial charge in [0, 0.05) is 18.7 Å². The Labute approximate surface area is 123 Å². The smallest absolute Gasteiger partial charge is 0.335 e. The molecule has 1 fully saturated rings. The zero-order chi connectivity index (χ0) is 14.8. The summed E-state index contributed by atoms with van der Waals surface area (Å²) in [5.41, 5.74) is 2.06. The minimum atomic E-state index is -0.978. The maximum Gasteiger partial charge on any atom is 0.335 e. The second kappa shape index (κ2) is 5.56. The van der Waals surface area contributed by atoms with Crippen LogP contribution < -0.4 is 0 Å². The molecule has 1 N–H and O–H groups in total. The van der Waals surface area contributed by atoms with E-state index in [1.807, 2.05) is 4.90 Å². The second-order valence-corrected chi connectivity index (χ2v) is 5.50. The van der Waals surface area contributed by atoms with Gasteiger partial charge in [0.2, 0.25) is 0 Å². The molecule has 0 aromatic heterocycles. The maximum absolute atomic E-state index is 12.5. The van der Waals surface area contributed by atoms with Crippen LogP contribution in [0.4, 0.5) is 0 Å². The van der Waals surface area contributed by atoms with Crippen LogP contribution in [0.5, 0.6) is 0 Å². The summed E-state index contributed by atoms with van der Waals surface area (Å²) in [6.45, 7) is 1.43. The summed E-state index contributed by atoms with van der Waals surface area (Å²) in [5.74, 6) is -0.428. The molecule has 0 spiro atoms. The van der Waals surface area contributed by atoms with E-state index >= 15 is 0 Å². The van der Waals surface area contributed by atoms with Crippen LogP contribution in [-0.4, -0.2) is 35.0 Å². The summed E-state index contributed by atoms with van der Waals surface area (Å²) in [6, 6.07) is 6.13. The molecule has 0 bridgehead atoms. The number of aromatic carboxylic acids is 1. The van der Waals surface area contributed by atoms with E-state index in [0.29, 0.717) is 18.0 Å². The molecular weight excluding hydrogens is 266 g/mol. The van der Waals surface area contributed by atoms with Gasteiger partial charge in [-0.15, -0.1) is 0 Å². The van der Waals surface area contributed by atoms with E-state index in [4.69, 9.17) is 5.11 Å². The zero-order valence-electron chi connectivity index (χ0n) is 11.7. The van der Waals surface area contributed by atoms with Gasteiger partial charge in [-0.25, -0.2) is 4.79 Å². The number of carbonyl (C=O) groups is 2. The standard InChI is InChI=1S/C17H17NO3/c19-16(13-5-7-14(8-6-13)17(20)21)18-10-9-12-3-1-2-4-15(12)11-18/h1-2,4-8,12H,3,9-11H2,(H,20,21). The molecule has 1 amide bonds. The Morgan fingerprint density at radius 3 is 2.57 bits per heavy atom. The average Bonchev–Trinajstić information content (AvgIpc) is 2.54. The molecule has 1 unspecified atom stereocenters. The summed E-state index contributed by atoms with van der Waals surface area (Å²) in [4.78, 5) is 25.2. The first-order chi connectivity index (χ1) is 10.1. The van der Waals surface area contributed by atoms with Crippen molar-refractivity contribution in [3.05, 3.63) is 59.2 Å². The maximum atomic E-state index is 12.5. The number of hydrogen-bond donors (Lipinski definition) is 1. The van der Waals surface area contributed by atoms with Crippen LogP contribution in [0.25, 0.3) is 0 Å². The van der Waals surface area contributed by atoms with E-state index in [2.05, 4.69) is 18.2 Å². The van der Waals surface area contributed by atoms with Crippen LogP contribution in [0.1, 0.15) is 33.6 Å². The number of carboxylic acid groups (broad SMARTS) is 1. The lowest BCUT2D eigenvalue weighted by Crippen LogP contribution is -2.40. The molecule has 1 atom stereocenters. The highest BCUT2D eigenvalue weighted by molar-refractivity contribution is 5.96. The lowest BCUT2D eigenvalue weighted by molar-refractivity contribution is 0.0692. The zero-order valence-corrected chi connectivity index (χ0v) is 11.7. The van der Waals surface area contributed by atoms with Gasteiger partial charge in [0.05, 0.1) is 5.56 Å². The van der Waals surface area contributed by atoms with Gasteiger partial charge in [-0.1, -0.05) is 18.2 Å². The predicted molar refractivity (Wildman–Crippen MR) is 79.3 cm³/mol. The van der Waals surface area contributed by atoms with Crippen molar-refractivity contribution in [2.45, 2.75) is 12.8 Å². The Morgan fingerprint density at radius 1 is 1.14 bits per heavy atom. The SMILES string of the molecule is O=C(O)c1ccc(C(=O)N2CCC3CC=CC=C3C2)cc1. The van der Waals surface area contributed by atoms with Crippen molar-refractivity contribution in [3.63, 3.8) is 0 Å². The Bertz CT molecular complexity index is 628. The van der Waals surface area contributed by atoms with Crippen LogP contribution in [0.15, 0.2) is 48.1 Å². The molecule has 4 nitrogen and oxygen atoms in total. The van der Waals surface area contributed by atoms with Gasteiger partial charge in [0.1, 0.15) is 0 Å². The molecule has 1 aliphatic heterocycles. The number of rotatable bonds is 2. The topological polar surface area (TPSA) is 57.6 Å². The molecule has 1 saturated heterocycles. The fraction of sp³-hybridized carbons (Fsp3) is 0.294. The van der Waals surface area contributed by atoms with Gasteiger partial charge in [-0.05, 0) is 48.6 Å². The molecule has 108 valence electrons. The summed E-state index contributed by atoms with van der Waals surface area (Å²) < 4.78 is 0. The molecule has 0 saturated carbocycles. The first kappa shape index (κ1) is 13.6. The van der Waals surface area contributed by atoms with Crippen LogP contribution in [-0.2, 0) is 0 Å². The van der Waals surface area contributed by atoms with Crippen molar-refractivity contribution < 1.29 is 14.7 Å². The second-order valence-electron chi connectivity index (χ2n) is 5.50. The van der Waals surface area contributed by atoms with E-state index in [9.17, 15) is 9.59 Å². The van der Waals surface area contributed by atoms with Gasteiger partial charge < -0.3 is 10.0 Å². The lowest BCUT2D eigenvalue weighted by Gasteiger charge is -2.35. The van der Waals surface area contributed by atoms with Crippen LogP contribution >= 0.6 is 0 Å². The number of allylic oxidation sites excluding steroid dienone is 3. The summed E-state index contributed by atoms with van der Waals surface area (Å²) >= 11 is 0. The van der Waals surface area contributed by atoms with Gasteiger partial charge in [0.25, 0.3) is 5.91 Å². The van der Waals surface area contributed by atoms with E-state index in [-0.39, 0.29) is 11.5 Å². The Kier molecular flexibility index (Phi) is 3.60. The highest BCUT2D eigenvalue weighted by Gasteiger charge is 2.27. The highest BCUT2D eigenvalue weighted by Crippen LogP contribution is 2.29. The van der Waals surface area contributed by atoms with Crippen molar-refractivity contribution >= 4 is 11.9 Å². The monoisotopic (exact) mass is 283 g/mol. The minimum Gasteiger partial charge on any atom is -0.478 e. The molecule has 2 aliphatic rings. The molecule has 1 aromatic carbocycles. The number of benzene rings is 1. The summed E-state index contributed by atoms with van der Waals surface area (Å²) in [6.07, 6.45) is 8.41. The number of carbonyl (C=O) groups excluding carboxylic acids is 1. The van der Waals surface area contributed by atoms with Crippen LogP contribution in [0.2, 0.25) is 0 Å². The van der Waals surface area contributed by atoms with Crippen molar-refractivity contribution in [2.75, 3.05) is 13.1 Å². The number of piperidine rings is 1. The average molecular weight is 283 g/mol. The number of fused-ring (bicyclic) bond motifs is 1. The summed E-state index contributed by atoms with van der Waals surface area (Å²) in [5, 5.41) is 8.88. The first-order valence-corrected chi connectivity index (χ1v) is 7.13. The Morgan fingerprint density at radius 2 is 1.86 bits per heavy atom. The molecule has 3 rings (SSSR count). The van der Waals surface area contributed by atoms with Crippen molar-refractivity contribution in [1.29, 1.82) is 0 Å². The highest BCUT2D eigenvalue weighted by atomic mass is 16.4. The van der Waals surface area contributed by atoms with E-state index in [1.165, 1.54) is 17.7 Å². The van der Waals surface area contributed by atoms with E-state index in [1.54, 1.807) is 12.1 Å². The van der Waals surface area contributed by atoms with Crippen molar-refractivity contribution in [2.24, 2.45) is 5.92 Å². The fourth-order valence-electron chi connectivity index (χ4n) is 2.93. The minimum absolute atomic E-state index is 0.0270. The third kappa shape index (κ3) is 2.75. The van der Waals surface area contributed by atoms with Crippen LogP contribution in [0.3, 0.4) is 0 Å². The first-order valence-electron chi connectivity index (χ1n) is 7.13. The third-order valence-corrected chi connectivity index (χ3v) is 4.18. The van der Waals surface area contributed by atoms with Crippen molar-refractivity contribution in [3.8, 4) is 0 Å². The fourth-order valence-corrected chi connectivity index (χ4v) is 2.93. The molecule has 21 heavy (non-hydrogen) atoms. The van der Waals surface area contributed by atoms with Gasteiger partial charge >= 0.3 is 5.97 Å². The summed E-state index contributed by atoms with van der Waals surface area (Å²) in [7, 11) is 0. The number of likely N-dealkylation sites (tertiary alicyclic amines) is 1. The van der Waals surface area contributed by atoms with Gasteiger partial charge in [0.15, 0.2) is 0 Å². The quantitative estimate of drug-likeness (QED) is 0.908. The van der Waals surface area contributed by atoms with Crippen molar-refractivity contribution in [1.82, 2.24) is 4.90 Å². The molecule has 0 radical (unpaired) electrons. The number of amides is 1. The largest absolute Gasteiger partial charge is 0.478 e. The molecule has 1 aliphatic carbocycles. The molecule has 1 aromatic rings. The lowest BCUT2D eigenvalue weighted by atomic mass is 9.85. The number of nitrogens with zero attached hydrogens (tertiary/aromatic N) is 1. The predicted octanol–water partition coefficient (Wildman–Crippen LogP) is 2.73. The molecule has 4 heteroatoms. The molecular formula is C17H17NO3. The number of carboxylic acids is 1. The molecule has 1 heterocycles.